The Hall–Kier alpha value is -2.11. The van der Waals surface area contributed by atoms with Gasteiger partial charge >= 0.3 is 5.97 Å². The zero-order valence-corrected chi connectivity index (χ0v) is 10.7. The van der Waals surface area contributed by atoms with Gasteiger partial charge in [-0.25, -0.2) is 0 Å². The highest BCUT2D eigenvalue weighted by Gasteiger charge is 2.15. The van der Waals surface area contributed by atoms with E-state index < -0.39 is 11.9 Å². The molecule has 1 heterocycles. The van der Waals surface area contributed by atoms with Crippen molar-refractivity contribution in [3.63, 3.8) is 0 Å². The van der Waals surface area contributed by atoms with E-state index in [0.29, 0.717) is 0 Å². The largest absolute Gasteiger partial charge is 0.481 e. The summed E-state index contributed by atoms with van der Waals surface area (Å²) < 4.78 is 1.64. The molecule has 0 aromatic carbocycles. The molecule has 6 nitrogen and oxygen atoms in total. The Morgan fingerprint density at radius 2 is 2.28 bits per heavy atom. The second-order valence-corrected chi connectivity index (χ2v) is 4.17. The van der Waals surface area contributed by atoms with E-state index in [1.165, 1.54) is 11.0 Å². The summed E-state index contributed by atoms with van der Waals surface area (Å²) in [5.74, 6) is -1.72. The summed E-state index contributed by atoms with van der Waals surface area (Å²) in [4.78, 5) is 23.8. The zero-order valence-electron chi connectivity index (χ0n) is 10.7. The molecule has 0 aliphatic heterocycles. The molecule has 98 valence electrons. The molecular weight excluding hydrogens is 234 g/mol. The number of carbonyl (C=O) groups is 2. The highest BCUT2D eigenvalue weighted by atomic mass is 16.4. The van der Waals surface area contributed by atoms with Crippen molar-refractivity contribution in [1.29, 1.82) is 0 Å². The summed E-state index contributed by atoms with van der Waals surface area (Å²) in [6.45, 7) is 1.75. The molecule has 1 amide bonds. The standard InChI is InChI=1S/C12H17N3O3/c1-9(12(17)18)8-14(2)11(16)5-4-10-6-7-13-15(10)3/h4-7,9H,8H2,1-3H3,(H,17,18). The Balaban J connectivity index is 2.58. The SMILES string of the molecule is CC(CN(C)C(=O)C=Cc1ccnn1C)C(=O)O. The number of hydrogen-bond donors (Lipinski definition) is 1. The summed E-state index contributed by atoms with van der Waals surface area (Å²) in [7, 11) is 3.36. The Bertz CT molecular complexity index is 465. The number of aryl methyl sites for hydroxylation is 1. The van der Waals surface area contributed by atoms with E-state index >= 15 is 0 Å². The van der Waals surface area contributed by atoms with Crippen LogP contribution in [0.2, 0.25) is 0 Å². The number of likely N-dealkylation sites (N-methyl/N-ethyl adjacent to an activating group) is 1. The van der Waals surface area contributed by atoms with Gasteiger partial charge in [-0.2, -0.15) is 5.10 Å². The molecule has 0 aliphatic rings. The Kier molecular flexibility index (Phi) is 4.65. The summed E-state index contributed by atoms with van der Waals surface area (Å²) in [6, 6.07) is 1.78. The highest BCUT2D eigenvalue weighted by Crippen LogP contribution is 2.02. The molecule has 1 aromatic rings. The van der Waals surface area contributed by atoms with Crippen LogP contribution in [0.25, 0.3) is 6.08 Å². The molecule has 0 saturated heterocycles. The molecule has 6 heteroatoms. The van der Waals surface area contributed by atoms with Gasteiger partial charge in [0.1, 0.15) is 0 Å². The molecule has 0 spiro atoms. The molecule has 1 rings (SSSR count). The number of carbonyl (C=O) groups excluding carboxylic acids is 1. The van der Waals surface area contributed by atoms with Crippen molar-refractivity contribution in [1.82, 2.24) is 14.7 Å². The van der Waals surface area contributed by atoms with E-state index in [1.54, 1.807) is 44.0 Å². The third-order valence-electron chi connectivity index (χ3n) is 2.60. The maximum atomic E-state index is 11.7. The van der Waals surface area contributed by atoms with Crippen LogP contribution >= 0.6 is 0 Å². The lowest BCUT2D eigenvalue weighted by Crippen LogP contribution is -2.32. The molecule has 1 unspecified atom stereocenters. The first kappa shape index (κ1) is 14.0. The molecule has 0 aliphatic carbocycles. The second kappa shape index (κ2) is 6.00. The van der Waals surface area contributed by atoms with Gasteiger partial charge in [0.15, 0.2) is 0 Å². The van der Waals surface area contributed by atoms with E-state index in [0.717, 1.165) is 5.69 Å². The lowest BCUT2D eigenvalue weighted by atomic mass is 10.2. The van der Waals surface area contributed by atoms with E-state index in [4.69, 9.17) is 5.11 Å². The zero-order chi connectivity index (χ0) is 13.7. The van der Waals surface area contributed by atoms with Crippen LogP contribution in [0.1, 0.15) is 12.6 Å². The lowest BCUT2D eigenvalue weighted by Gasteiger charge is -2.17. The van der Waals surface area contributed by atoms with E-state index in [-0.39, 0.29) is 12.5 Å². The number of rotatable bonds is 5. The molecule has 0 saturated carbocycles. The second-order valence-electron chi connectivity index (χ2n) is 4.17. The van der Waals surface area contributed by atoms with Gasteiger partial charge in [-0.1, -0.05) is 6.92 Å². The molecular formula is C12H17N3O3. The van der Waals surface area contributed by atoms with Gasteiger partial charge in [0.05, 0.1) is 11.6 Å². The number of carboxylic acids is 1. The fourth-order valence-electron chi connectivity index (χ4n) is 1.41. The molecule has 1 atom stereocenters. The summed E-state index contributed by atoms with van der Waals surface area (Å²) >= 11 is 0. The maximum Gasteiger partial charge on any atom is 0.308 e. The minimum absolute atomic E-state index is 0.184. The topological polar surface area (TPSA) is 75.4 Å². The fourth-order valence-corrected chi connectivity index (χ4v) is 1.41. The van der Waals surface area contributed by atoms with Crippen LogP contribution in [0.15, 0.2) is 18.3 Å². The van der Waals surface area contributed by atoms with E-state index in [9.17, 15) is 9.59 Å². The van der Waals surface area contributed by atoms with Crippen molar-refractivity contribution in [3.8, 4) is 0 Å². The van der Waals surface area contributed by atoms with Gasteiger partial charge in [0, 0.05) is 32.9 Å². The molecule has 0 bridgehead atoms. The first-order valence-electron chi connectivity index (χ1n) is 5.55. The number of aromatic nitrogens is 2. The summed E-state index contributed by atoms with van der Waals surface area (Å²) in [6.07, 6.45) is 4.70. The van der Waals surface area contributed by atoms with Crippen LogP contribution in [0.5, 0.6) is 0 Å². The van der Waals surface area contributed by atoms with Crippen LogP contribution in [0.3, 0.4) is 0 Å². The third-order valence-corrected chi connectivity index (χ3v) is 2.60. The Morgan fingerprint density at radius 1 is 1.61 bits per heavy atom. The Morgan fingerprint density at radius 3 is 2.78 bits per heavy atom. The number of carboxylic acid groups (broad SMARTS) is 1. The van der Waals surface area contributed by atoms with Gasteiger partial charge in [0.25, 0.3) is 0 Å². The fraction of sp³-hybridized carbons (Fsp3) is 0.417. The quantitative estimate of drug-likeness (QED) is 0.778. The third kappa shape index (κ3) is 3.73. The predicted molar refractivity (Wildman–Crippen MR) is 66.7 cm³/mol. The molecule has 0 radical (unpaired) electrons. The normalized spacial score (nSPS) is 12.6. The van der Waals surface area contributed by atoms with E-state index in [1.807, 2.05) is 0 Å². The first-order valence-corrected chi connectivity index (χ1v) is 5.55. The summed E-state index contributed by atoms with van der Waals surface area (Å²) in [5.41, 5.74) is 0.808. The van der Waals surface area contributed by atoms with Crippen LogP contribution in [-0.4, -0.2) is 45.3 Å². The van der Waals surface area contributed by atoms with Crippen molar-refractivity contribution >= 4 is 18.0 Å². The minimum atomic E-state index is -0.912. The minimum Gasteiger partial charge on any atom is -0.481 e. The number of amides is 1. The smallest absolute Gasteiger partial charge is 0.308 e. The molecule has 1 N–H and O–H groups in total. The monoisotopic (exact) mass is 251 g/mol. The van der Waals surface area contributed by atoms with Crippen molar-refractivity contribution in [3.05, 3.63) is 24.0 Å². The molecule has 0 fully saturated rings. The van der Waals surface area contributed by atoms with Gasteiger partial charge in [-0.15, -0.1) is 0 Å². The van der Waals surface area contributed by atoms with Crippen molar-refractivity contribution in [2.24, 2.45) is 13.0 Å². The van der Waals surface area contributed by atoms with Gasteiger partial charge in [-0.3, -0.25) is 14.3 Å². The number of aliphatic carboxylic acids is 1. The van der Waals surface area contributed by atoms with Crippen molar-refractivity contribution in [2.75, 3.05) is 13.6 Å². The average molecular weight is 251 g/mol. The summed E-state index contributed by atoms with van der Waals surface area (Å²) in [5, 5.41) is 12.7. The first-order chi connectivity index (χ1) is 8.41. The molecule has 1 aromatic heterocycles. The highest BCUT2D eigenvalue weighted by molar-refractivity contribution is 5.91. The van der Waals surface area contributed by atoms with Gasteiger partial charge < -0.3 is 10.0 Å². The van der Waals surface area contributed by atoms with Crippen LogP contribution in [0.4, 0.5) is 0 Å². The van der Waals surface area contributed by atoms with Crippen LogP contribution in [0, 0.1) is 5.92 Å². The maximum absolute atomic E-state index is 11.7. The van der Waals surface area contributed by atoms with Crippen molar-refractivity contribution < 1.29 is 14.7 Å². The van der Waals surface area contributed by atoms with Crippen LogP contribution in [-0.2, 0) is 16.6 Å². The van der Waals surface area contributed by atoms with Crippen molar-refractivity contribution in [2.45, 2.75) is 6.92 Å². The van der Waals surface area contributed by atoms with Gasteiger partial charge in [0.2, 0.25) is 5.91 Å². The number of nitrogens with zero attached hydrogens (tertiary/aromatic N) is 3. The average Bonchev–Trinajstić information content (AvgIpc) is 2.71. The molecule has 18 heavy (non-hydrogen) atoms. The lowest BCUT2D eigenvalue weighted by molar-refractivity contribution is -0.142. The van der Waals surface area contributed by atoms with E-state index in [2.05, 4.69) is 5.10 Å². The van der Waals surface area contributed by atoms with Crippen LogP contribution < -0.4 is 0 Å². The number of hydrogen-bond acceptors (Lipinski definition) is 3. The predicted octanol–water partition coefficient (Wildman–Crippen LogP) is 0.612. The van der Waals surface area contributed by atoms with Gasteiger partial charge in [-0.05, 0) is 12.1 Å². The Labute approximate surface area is 106 Å².